The SMILES string of the molecule is CC1=CC2(C)OC2C(C)=C1.[Cl][Pd][Cl]. The van der Waals surface area contributed by atoms with Crippen molar-refractivity contribution in [2.24, 2.45) is 0 Å². The van der Waals surface area contributed by atoms with Gasteiger partial charge in [0.2, 0.25) is 0 Å². The predicted octanol–water partition coefficient (Wildman–Crippen LogP) is 3.43. The predicted molar refractivity (Wildman–Crippen MR) is 52.5 cm³/mol. The number of ether oxygens (including phenoxy) is 1. The van der Waals surface area contributed by atoms with Gasteiger partial charge in [-0.1, -0.05) is 11.6 Å². The molecule has 0 aromatic rings. The molecule has 0 aromatic heterocycles. The van der Waals surface area contributed by atoms with Gasteiger partial charge in [0.25, 0.3) is 0 Å². The summed E-state index contributed by atoms with van der Waals surface area (Å²) in [6, 6.07) is 0. The molecular formula is C9H12Cl2OPd. The van der Waals surface area contributed by atoms with Crippen molar-refractivity contribution < 1.29 is 20.7 Å². The Labute approximate surface area is 95.2 Å². The monoisotopic (exact) mass is 312 g/mol. The Kier molecular flexibility index (Phi) is 4.04. The molecule has 4 heteroatoms. The second-order valence-corrected chi connectivity index (χ2v) is 5.86. The molecule has 0 bridgehead atoms. The Balaban J connectivity index is 0.000000251. The zero-order chi connectivity index (χ0) is 10.1. The van der Waals surface area contributed by atoms with Crippen LogP contribution in [0.25, 0.3) is 0 Å². The van der Waals surface area contributed by atoms with E-state index < -0.39 is 0 Å². The van der Waals surface area contributed by atoms with Gasteiger partial charge in [0.15, 0.2) is 0 Å². The van der Waals surface area contributed by atoms with Crippen molar-refractivity contribution in [2.75, 3.05) is 0 Å². The van der Waals surface area contributed by atoms with Crippen LogP contribution < -0.4 is 0 Å². The van der Waals surface area contributed by atoms with E-state index in [1.807, 2.05) is 0 Å². The number of epoxide rings is 1. The number of rotatable bonds is 0. The molecule has 1 aliphatic carbocycles. The molecule has 2 aliphatic rings. The van der Waals surface area contributed by atoms with E-state index in [9.17, 15) is 0 Å². The number of hydrogen-bond donors (Lipinski definition) is 0. The molecule has 0 N–H and O–H groups in total. The molecule has 78 valence electrons. The van der Waals surface area contributed by atoms with Gasteiger partial charge in [-0.05, 0) is 32.4 Å². The minimum atomic E-state index is -0.106. The molecule has 13 heavy (non-hydrogen) atoms. The van der Waals surface area contributed by atoms with Crippen molar-refractivity contribution in [1.29, 1.82) is 0 Å². The van der Waals surface area contributed by atoms with Gasteiger partial charge in [-0.15, -0.1) is 0 Å². The molecule has 1 fully saturated rings. The molecule has 0 aromatic carbocycles. The summed E-state index contributed by atoms with van der Waals surface area (Å²) in [5.41, 5.74) is 2.75. The normalized spacial score (nSPS) is 35.3. The third kappa shape index (κ3) is 2.81. The molecule has 2 unspecified atom stereocenters. The summed E-state index contributed by atoms with van der Waals surface area (Å²) >= 11 is -0.106. The first-order valence-electron chi connectivity index (χ1n) is 3.91. The van der Waals surface area contributed by atoms with Gasteiger partial charge in [-0.2, -0.15) is 0 Å². The number of hydrogen-bond acceptors (Lipinski definition) is 1. The summed E-state index contributed by atoms with van der Waals surface area (Å²) in [4.78, 5) is 0. The van der Waals surface area contributed by atoms with Crippen molar-refractivity contribution in [3.63, 3.8) is 0 Å². The quantitative estimate of drug-likeness (QED) is 0.493. The van der Waals surface area contributed by atoms with Crippen molar-refractivity contribution in [2.45, 2.75) is 32.5 Å². The Morgan fingerprint density at radius 3 is 2.46 bits per heavy atom. The van der Waals surface area contributed by atoms with Gasteiger partial charge >= 0.3 is 35.0 Å². The zero-order valence-electron chi connectivity index (χ0n) is 7.71. The van der Waals surface area contributed by atoms with Crippen LogP contribution in [0.4, 0.5) is 0 Å². The molecule has 2 rings (SSSR count). The Bertz CT molecular complexity index is 262. The van der Waals surface area contributed by atoms with E-state index in [2.05, 4.69) is 32.9 Å². The molecular weight excluding hydrogens is 301 g/mol. The van der Waals surface area contributed by atoms with Crippen LogP contribution in [0.2, 0.25) is 0 Å². The third-order valence-electron chi connectivity index (χ3n) is 2.22. The molecule has 2 atom stereocenters. The minimum absolute atomic E-state index is 0.0584. The average Bonchev–Trinajstić information content (AvgIpc) is 2.62. The van der Waals surface area contributed by atoms with Crippen LogP contribution in [0, 0.1) is 0 Å². The molecule has 0 spiro atoms. The van der Waals surface area contributed by atoms with Gasteiger partial charge in [-0.3, -0.25) is 0 Å². The topological polar surface area (TPSA) is 12.5 Å². The maximum atomic E-state index is 5.50. The number of halogens is 2. The van der Waals surface area contributed by atoms with E-state index in [-0.39, 0.29) is 21.5 Å². The van der Waals surface area contributed by atoms with Crippen molar-refractivity contribution in [3.05, 3.63) is 23.3 Å². The average molecular weight is 314 g/mol. The first kappa shape index (κ1) is 11.8. The maximum absolute atomic E-state index is 5.50. The molecule has 0 radical (unpaired) electrons. The molecule has 1 aliphatic heterocycles. The molecule has 0 amide bonds. The molecule has 0 saturated carbocycles. The summed E-state index contributed by atoms with van der Waals surface area (Å²) < 4.78 is 5.50. The second-order valence-electron chi connectivity index (χ2n) is 3.50. The Morgan fingerprint density at radius 2 is 2.00 bits per heavy atom. The van der Waals surface area contributed by atoms with Crippen molar-refractivity contribution >= 4 is 19.1 Å². The Morgan fingerprint density at radius 1 is 1.46 bits per heavy atom. The third-order valence-corrected chi connectivity index (χ3v) is 2.22. The number of fused-ring (bicyclic) bond motifs is 1. The first-order valence-corrected chi connectivity index (χ1v) is 7.91. The Hall–Kier alpha value is 0.682. The summed E-state index contributed by atoms with van der Waals surface area (Å²) in [5.74, 6) is 0. The van der Waals surface area contributed by atoms with Crippen LogP contribution in [0.1, 0.15) is 20.8 Å². The molecule has 1 heterocycles. The van der Waals surface area contributed by atoms with E-state index in [0.717, 1.165) is 0 Å². The molecule has 1 saturated heterocycles. The van der Waals surface area contributed by atoms with Gasteiger partial charge < -0.3 is 4.74 Å². The van der Waals surface area contributed by atoms with E-state index in [4.69, 9.17) is 23.8 Å². The summed E-state index contributed by atoms with van der Waals surface area (Å²) in [5, 5.41) is 0. The fourth-order valence-electron chi connectivity index (χ4n) is 1.80. The van der Waals surface area contributed by atoms with Crippen molar-refractivity contribution in [1.82, 2.24) is 0 Å². The van der Waals surface area contributed by atoms with Gasteiger partial charge in [0, 0.05) is 0 Å². The number of allylic oxidation sites excluding steroid dienone is 2. The summed E-state index contributed by atoms with van der Waals surface area (Å²) in [7, 11) is 9.63. The van der Waals surface area contributed by atoms with Gasteiger partial charge in [0.05, 0.1) is 0 Å². The van der Waals surface area contributed by atoms with Crippen molar-refractivity contribution in [3.8, 4) is 0 Å². The van der Waals surface area contributed by atoms with E-state index in [1.165, 1.54) is 11.1 Å². The van der Waals surface area contributed by atoms with Crippen LogP contribution in [0.15, 0.2) is 23.3 Å². The zero-order valence-corrected chi connectivity index (χ0v) is 10.8. The fraction of sp³-hybridized carbons (Fsp3) is 0.556. The van der Waals surface area contributed by atoms with Crippen LogP contribution >= 0.6 is 19.1 Å². The van der Waals surface area contributed by atoms with E-state index in [0.29, 0.717) is 6.10 Å². The van der Waals surface area contributed by atoms with E-state index in [1.54, 1.807) is 0 Å². The fourth-order valence-corrected chi connectivity index (χ4v) is 1.80. The van der Waals surface area contributed by atoms with E-state index >= 15 is 0 Å². The summed E-state index contributed by atoms with van der Waals surface area (Å²) in [6.07, 6.45) is 4.78. The standard InChI is InChI=1S/C9H12O.2ClH.Pd/c1-6-4-7(2)8-9(3,5-6)10-8;;;/h4-5,8H,1-3H3;2*1H;/q;;;+2/p-2. The summed E-state index contributed by atoms with van der Waals surface area (Å²) in [6.45, 7) is 6.39. The van der Waals surface area contributed by atoms with Crippen LogP contribution in [0.5, 0.6) is 0 Å². The van der Waals surface area contributed by atoms with Gasteiger partial charge in [-0.25, -0.2) is 0 Å². The van der Waals surface area contributed by atoms with Crippen LogP contribution in [-0.4, -0.2) is 11.7 Å². The second kappa shape index (κ2) is 4.47. The molecule has 1 nitrogen and oxygen atoms in total. The first-order chi connectivity index (χ1) is 6.03. The van der Waals surface area contributed by atoms with Crippen LogP contribution in [-0.2, 0) is 20.7 Å². The van der Waals surface area contributed by atoms with Gasteiger partial charge in [0.1, 0.15) is 11.7 Å². The van der Waals surface area contributed by atoms with Crippen LogP contribution in [0.3, 0.4) is 0 Å².